The van der Waals surface area contributed by atoms with Gasteiger partial charge in [-0.3, -0.25) is 0 Å². The number of hydrogen-bond donors (Lipinski definition) is 1. The van der Waals surface area contributed by atoms with Crippen molar-refractivity contribution in [1.29, 1.82) is 0 Å². The third-order valence-electron chi connectivity index (χ3n) is 2.61. The standard InChI is InChI=1S/C10H14BrNS2/c1-7-5-13-6-9(7)12-4-8-2-3-14-10(8)11/h2-3,7,9,12H,4-6H2,1H3. The number of hydrogen-bond acceptors (Lipinski definition) is 3. The molecule has 1 nitrogen and oxygen atoms in total. The van der Waals surface area contributed by atoms with E-state index < -0.39 is 0 Å². The lowest BCUT2D eigenvalue weighted by atomic mass is 10.1. The molecule has 0 radical (unpaired) electrons. The molecule has 2 heterocycles. The smallest absolute Gasteiger partial charge is 0.0743 e. The van der Waals surface area contributed by atoms with Crippen LogP contribution >= 0.6 is 39.0 Å². The van der Waals surface area contributed by atoms with Crippen LogP contribution in [0.3, 0.4) is 0 Å². The van der Waals surface area contributed by atoms with Crippen molar-refractivity contribution in [3.63, 3.8) is 0 Å². The molecular weight excluding hydrogens is 278 g/mol. The highest BCUT2D eigenvalue weighted by molar-refractivity contribution is 9.11. The van der Waals surface area contributed by atoms with Gasteiger partial charge >= 0.3 is 0 Å². The van der Waals surface area contributed by atoms with E-state index in [0.29, 0.717) is 6.04 Å². The largest absolute Gasteiger partial charge is 0.309 e. The van der Waals surface area contributed by atoms with E-state index in [4.69, 9.17) is 0 Å². The first-order chi connectivity index (χ1) is 6.77. The van der Waals surface area contributed by atoms with Crippen molar-refractivity contribution in [2.75, 3.05) is 11.5 Å². The van der Waals surface area contributed by atoms with Gasteiger partial charge in [-0.15, -0.1) is 11.3 Å². The Morgan fingerprint density at radius 3 is 3.00 bits per heavy atom. The van der Waals surface area contributed by atoms with Crippen molar-refractivity contribution in [2.45, 2.75) is 19.5 Å². The molecule has 4 heteroatoms. The molecule has 1 aromatic heterocycles. The average Bonchev–Trinajstić information content (AvgIpc) is 2.72. The van der Waals surface area contributed by atoms with Gasteiger partial charge in [0.1, 0.15) is 0 Å². The van der Waals surface area contributed by atoms with Crippen LogP contribution in [0.25, 0.3) is 0 Å². The van der Waals surface area contributed by atoms with E-state index in [1.807, 2.05) is 0 Å². The summed E-state index contributed by atoms with van der Waals surface area (Å²) in [6.07, 6.45) is 0. The van der Waals surface area contributed by atoms with Crippen molar-refractivity contribution in [1.82, 2.24) is 5.32 Å². The molecule has 1 aliphatic rings. The third-order valence-corrected chi connectivity index (χ3v) is 5.78. The predicted octanol–water partition coefficient (Wildman–Crippen LogP) is 3.35. The molecular formula is C10H14BrNS2. The van der Waals surface area contributed by atoms with E-state index in [0.717, 1.165) is 12.5 Å². The van der Waals surface area contributed by atoms with Crippen LogP contribution in [-0.2, 0) is 6.54 Å². The summed E-state index contributed by atoms with van der Waals surface area (Å²) in [6, 6.07) is 2.89. The van der Waals surface area contributed by atoms with Crippen LogP contribution in [-0.4, -0.2) is 17.5 Å². The zero-order valence-electron chi connectivity index (χ0n) is 8.13. The summed E-state index contributed by atoms with van der Waals surface area (Å²) in [6.45, 7) is 3.33. The fraction of sp³-hybridized carbons (Fsp3) is 0.600. The molecule has 0 bridgehead atoms. The van der Waals surface area contributed by atoms with Crippen LogP contribution in [0, 0.1) is 5.92 Å². The van der Waals surface area contributed by atoms with Crippen LogP contribution in [0.1, 0.15) is 12.5 Å². The molecule has 1 fully saturated rings. The van der Waals surface area contributed by atoms with Crippen molar-refractivity contribution >= 4 is 39.0 Å². The Balaban J connectivity index is 1.85. The van der Waals surface area contributed by atoms with E-state index in [1.165, 1.54) is 20.9 Å². The molecule has 14 heavy (non-hydrogen) atoms. The van der Waals surface area contributed by atoms with Crippen LogP contribution in [0.4, 0.5) is 0 Å². The number of thiophene rings is 1. The van der Waals surface area contributed by atoms with Crippen LogP contribution in [0.15, 0.2) is 15.2 Å². The molecule has 1 N–H and O–H groups in total. The maximum atomic E-state index is 3.63. The number of rotatable bonds is 3. The fourth-order valence-corrected chi connectivity index (χ4v) is 4.29. The Hall–Kier alpha value is 0.490. The maximum Gasteiger partial charge on any atom is 0.0743 e. The van der Waals surface area contributed by atoms with Crippen molar-refractivity contribution < 1.29 is 0 Å². The highest BCUT2D eigenvalue weighted by Gasteiger charge is 2.23. The van der Waals surface area contributed by atoms with Gasteiger partial charge in [0.25, 0.3) is 0 Å². The Bertz CT molecular complexity index is 300. The highest BCUT2D eigenvalue weighted by Crippen LogP contribution is 2.26. The van der Waals surface area contributed by atoms with E-state index >= 15 is 0 Å². The molecule has 1 aromatic rings. The molecule has 2 unspecified atom stereocenters. The summed E-state index contributed by atoms with van der Waals surface area (Å²) in [5.41, 5.74) is 1.39. The third kappa shape index (κ3) is 2.54. The lowest BCUT2D eigenvalue weighted by Gasteiger charge is -2.15. The van der Waals surface area contributed by atoms with E-state index in [2.05, 4.69) is 51.4 Å². The predicted molar refractivity (Wildman–Crippen MR) is 69.1 cm³/mol. The minimum atomic E-state index is 0.701. The van der Waals surface area contributed by atoms with Crippen molar-refractivity contribution in [3.8, 4) is 0 Å². The van der Waals surface area contributed by atoms with Gasteiger partial charge in [0, 0.05) is 18.3 Å². The monoisotopic (exact) mass is 291 g/mol. The first kappa shape index (κ1) is 11.0. The quantitative estimate of drug-likeness (QED) is 0.917. The van der Waals surface area contributed by atoms with Crippen LogP contribution < -0.4 is 5.32 Å². The molecule has 78 valence electrons. The molecule has 0 saturated carbocycles. The summed E-state index contributed by atoms with van der Waals surface area (Å²) in [7, 11) is 0. The van der Waals surface area contributed by atoms with Gasteiger partial charge in [0.05, 0.1) is 3.79 Å². The maximum absolute atomic E-state index is 3.63. The first-order valence-electron chi connectivity index (χ1n) is 4.80. The van der Waals surface area contributed by atoms with Gasteiger partial charge in [-0.25, -0.2) is 0 Å². The SMILES string of the molecule is CC1CSCC1NCc1ccsc1Br. The molecule has 0 aliphatic carbocycles. The number of halogens is 1. The summed E-state index contributed by atoms with van der Waals surface area (Å²) in [5, 5.41) is 5.76. The van der Waals surface area contributed by atoms with Gasteiger partial charge in [-0.1, -0.05) is 6.92 Å². The number of thioether (sulfide) groups is 1. The van der Waals surface area contributed by atoms with Gasteiger partial charge in [0.15, 0.2) is 0 Å². The molecule has 1 saturated heterocycles. The fourth-order valence-electron chi connectivity index (χ4n) is 1.61. The minimum absolute atomic E-state index is 0.701. The molecule has 2 atom stereocenters. The van der Waals surface area contributed by atoms with Crippen LogP contribution in [0.2, 0.25) is 0 Å². The highest BCUT2D eigenvalue weighted by atomic mass is 79.9. The summed E-state index contributed by atoms with van der Waals surface area (Å²) in [5.74, 6) is 3.39. The van der Waals surface area contributed by atoms with Gasteiger partial charge < -0.3 is 5.32 Å². The lowest BCUT2D eigenvalue weighted by molar-refractivity contribution is 0.453. The topological polar surface area (TPSA) is 12.0 Å². The summed E-state index contributed by atoms with van der Waals surface area (Å²) >= 11 is 7.38. The molecule has 0 spiro atoms. The van der Waals surface area contributed by atoms with Crippen LogP contribution in [0.5, 0.6) is 0 Å². The van der Waals surface area contributed by atoms with Gasteiger partial charge in [0.2, 0.25) is 0 Å². The molecule has 2 rings (SSSR count). The second-order valence-electron chi connectivity index (χ2n) is 3.72. The molecule has 0 aromatic carbocycles. The van der Waals surface area contributed by atoms with E-state index in [-0.39, 0.29) is 0 Å². The summed E-state index contributed by atoms with van der Waals surface area (Å²) in [4.78, 5) is 0. The average molecular weight is 292 g/mol. The zero-order valence-corrected chi connectivity index (χ0v) is 11.3. The Morgan fingerprint density at radius 2 is 2.43 bits per heavy atom. The lowest BCUT2D eigenvalue weighted by Crippen LogP contribution is -2.33. The minimum Gasteiger partial charge on any atom is -0.309 e. The van der Waals surface area contributed by atoms with Crippen molar-refractivity contribution in [3.05, 3.63) is 20.8 Å². The second kappa shape index (κ2) is 5.01. The Kier molecular flexibility index (Phi) is 3.93. The molecule has 1 aliphatic heterocycles. The van der Waals surface area contributed by atoms with Gasteiger partial charge in [-0.2, -0.15) is 11.8 Å². The first-order valence-corrected chi connectivity index (χ1v) is 7.63. The zero-order chi connectivity index (χ0) is 9.97. The number of nitrogens with one attached hydrogen (secondary N) is 1. The van der Waals surface area contributed by atoms with E-state index in [9.17, 15) is 0 Å². The normalized spacial score (nSPS) is 27.0. The van der Waals surface area contributed by atoms with Gasteiger partial charge in [-0.05, 0) is 44.6 Å². The second-order valence-corrected chi connectivity index (χ2v) is 7.03. The molecule has 0 amide bonds. The van der Waals surface area contributed by atoms with Crippen molar-refractivity contribution in [2.24, 2.45) is 5.92 Å². The summed E-state index contributed by atoms with van der Waals surface area (Å²) < 4.78 is 1.27. The Morgan fingerprint density at radius 1 is 1.57 bits per heavy atom. The van der Waals surface area contributed by atoms with E-state index in [1.54, 1.807) is 11.3 Å². The Labute approximate surface area is 102 Å².